The summed E-state index contributed by atoms with van der Waals surface area (Å²) in [6.45, 7) is 0.105. The average molecular weight is 387 g/mol. The van der Waals surface area contributed by atoms with Crippen LogP contribution in [0.15, 0.2) is 36.9 Å². The Balaban J connectivity index is 1.58. The number of hydrogen-bond donors (Lipinski definition) is 4. The van der Waals surface area contributed by atoms with Crippen LogP contribution in [0.25, 0.3) is 11.2 Å². The van der Waals surface area contributed by atoms with Gasteiger partial charge in [0.05, 0.1) is 20.0 Å². The summed E-state index contributed by atoms with van der Waals surface area (Å²) in [4.78, 5) is 12.8. The maximum Gasteiger partial charge on any atom is 0.167 e. The Bertz CT molecular complexity index is 964. The lowest BCUT2D eigenvalue weighted by molar-refractivity contribution is -0.0511. The van der Waals surface area contributed by atoms with Crippen molar-refractivity contribution >= 4 is 17.0 Å². The molecule has 1 saturated heterocycles. The molecule has 10 heteroatoms. The highest BCUT2D eigenvalue weighted by atomic mass is 16.6. The number of rotatable bonds is 6. The summed E-state index contributed by atoms with van der Waals surface area (Å²) in [6, 6.07) is 7.66. The lowest BCUT2D eigenvalue weighted by Gasteiger charge is -2.16. The Hall–Kier alpha value is -2.79. The normalized spacial score (nSPS) is 24.6. The van der Waals surface area contributed by atoms with Gasteiger partial charge < -0.3 is 30.1 Å². The second kappa shape index (κ2) is 7.68. The Morgan fingerprint density at radius 1 is 1.21 bits per heavy atom. The third-order valence-electron chi connectivity index (χ3n) is 4.74. The summed E-state index contributed by atoms with van der Waals surface area (Å²) in [5.41, 5.74) is 1.95. The number of nitrogens with one attached hydrogen (secondary N) is 1. The maximum absolute atomic E-state index is 10.3. The third kappa shape index (κ3) is 3.27. The zero-order valence-corrected chi connectivity index (χ0v) is 15.1. The van der Waals surface area contributed by atoms with E-state index in [4.69, 9.17) is 9.47 Å². The molecular weight excluding hydrogens is 366 g/mol. The molecule has 4 atom stereocenters. The zero-order valence-electron chi connectivity index (χ0n) is 15.1. The number of nitrogens with zero attached hydrogens (tertiary/aromatic N) is 4. The van der Waals surface area contributed by atoms with Crippen molar-refractivity contribution in [2.75, 3.05) is 19.0 Å². The molecule has 1 unspecified atom stereocenters. The minimum Gasteiger partial charge on any atom is -0.497 e. The quantitative estimate of drug-likeness (QED) is 0.463. The van der Waals surface area contributed by atoms with E-state index in [-0.39, 0.29) is 0 Å². The number of anilines is 1. The molecule has 3 heterocycles. The SMILES string of the molecule is COc1cccc(CNc2ncnc3c2ncn3C2O[C@H](CO)[C@@H](O)[C@@H]2O)c1. The fraction of sp³-hybridized carbons (Fsp3) is 0.389. The average Bonchev–Trinajstić information content (AvgIpc) is 3.28. The summed E-state index contributed by atoms with van der Waals surface area (Å²) >= 11 is 0. The first-order valence-electron chi connectivity index (χ1n) is 8.79. The van der Waals surface area contributed by atoms with Gasteiger partial charge in [-0.25, -0.2) is 15.0 Å². The van der Waals surface area contributed by atoms with Gasteiger partial charge in [-0.1, -0.05) is 12.1 Å². The number of methoxy groups -OCH3 is 1. The van der Waals surface area contributed by atoms with Crippen LogP contribution >= 0.6 is 0 Å². The topological polar surface area (TPSA) is 135 Å². The highest BCUT2D eigenvalue weighted by Crippen LogP contribution is 2.32. The van der Waals surface area contributed by atoms with Gasteiger partial charge in [-0.2, -0.15) is 0 Å². The van der Waals surface area contributed by atoms with E-state index < -0.39 is 31.1 Å². The molecule has 4 rings (SSSR count). The number of imidazole rings is 1. The molecule has 0 amide bonds. The van der Waals surface area contributed by atoms with E-state index in [1.165, 1.54) is 17.2 Å². The summed E-state index contributed by atoms with van der Waals surface area (Å²) in [5.74, 6) is 1.29. The van der Waals surface area contributed by atoms with Gasteiger partial charge in [0.15, 0.2) is 23.2 Å². The van der Waals surface area contributed by atoms with Gasteiger partial charge in [-0.15, -0.1) is 0 Å². The molecule has 2 aromatic heterocycles. The molecule has 28 heavy (non-hydrogen) atoms. The maximum atomic E-state index is 10.3. The van der Waals surface area contributed by atoms with Gasteiger partial charge in [0.1, 0.15) is 30.4 Å². The number of aromatic nitrogens is 4. The molecule has 0 bridgehead atoms. The lowest BCUT2D eigenvalue weighted by Crippen LogP contribution is -2.33. The van der Waals surface area contributed by atoms with E-state index in [2.05, 4.69) is 20.3 Å². The van der Waals surface area contributed by atoms with Crippen molar-refractivity contribution < 1.29 is 24.8 Å². The van der Waals surface area contributed by atoms with Crippen molar-refractivity contribution in [2.45, 2.75) is 31.1 Å². The van der Waals surface area contributed by atoms with Crippen LogP contribution in [0.1, 0.15) is 11.8 Å². The van der Waals surface area contributed by atoms with E-state index in [1.54, 1.807) is 7.11 Å². The van der Waals surface area contributed by atoms with Crippen LogP contribution in [0.5, 0.6) is 5.75 Å². The molecule has 4 N–H and O–H groups in total. The van der Waals surface area contributed by atoms with Crippen molar-refractivity contribution in [2.24, 2.45) is 0 Å². The molecular formula is C18H21N5O5. The summed E-state index contributed by atoms with van der Waals surface area (Å²) in [7, 11) is 1.62. The minimum absolute atomic E-state index is 0.399. The Kier molecular flexibility index (Phi) is 5.09. The van der Waals surface area contributed by atoms with E-state index in [0.717, 1.165) is 11.3 Å². The van der Waals surface area contributed by atoms with Crippen molar-refractivity contribution in [1.29, 1.82) is 0 Å². The van der Waals surface area contributed by atoms with E-state index in [1.807, 2.05) is 24.3 Å². The first-order valence-corrected chi connectivity index (χ1v) is 8.79. The van der Waals surface area contributed by atoms with E-state index in [0.29, 0.717) is 23.5 Å². The first kappa shape index (κ1) is 18.6. The monoisotopic (exact) mass is 387 g/mol. The molecule has 1 aliphatic heterocycles. The fourth-order valence-corrected chi connectivity index (χ4v) is 3.25. The van der Waals surface area contributed by atoms with Gasteiger partial charge >= 0.3 is 0 Å². The molecule has 0 aliphatic carbocycles. The number of fused-ring (bicyclic) bond motifs is 1. The number of benzene rings is 1. The molecule has 0 spiro atoms. The number of aliphatic hydroxyl groups is 3. The first-order chi connectivity index (χ1) is 13.6. The van der Waals surface area contributed by atoms with Crippen LogP contribution in [0, 0.1) is 0 Å². The largest absolute Gasteiger partial charge is 0.497 e. The van der Waals surface area contributed by atoms with Crippen molar-refractivity contribution in [1.82, 2.24) is 19.5 Å². The van der Waals surface area contributed by atoms with Gasteiger partial charge in [-0.05, 0) is 17.7 Å². The molecule has 1 aromatic carbocycles. The lowest BCUT2D eigenvalue weighted by atomic mass is 10.1. The fourth-order valence-electron chi connectivity index (χ4n) is 3.25. The van der Waals surface area contributed by atoms with Gasteiger partial charge in [0.2, 0.25) is 0 Å². The summed E-state index contributed by atoms with van der Waals surface area (Å²) in [5, 5.41) is 32.7. The zero-order chi connectivity index (χ0) is 19.7. The van der Waals surface area contributed by atoms with Crippen LogP contribution in [0.2, 0.25) is 0 Å². The number of hydrogen-bond acceptors (Lipinski definition) is 9. The molecule has 10 nitrogen and oxygen atoms in total. The Morgan fingerprint density at radius 2 is 2.07 bits per heavy atom. The van der Waals surface area contributed by atoms with Gasteiger partial charge in [0, 0.05) is 6.54 Å². The smallest absolute Gasteiger partial charge is 0.167 e. The predicted octanol–water partition coefficient (Wildman–Crippen LogP) is 0.0585. The van der Waals surface area contributed by atoms with Gasteiger partial charge in [-0.3, -0.25) is 4.57 Å². The highest BCUT2D eigenvalue weighted by molar-refractivity contribution is 5.82. The van der Waals surface area contributed by atoms with Crippen LogP contribution in [0.4, 0.5) is 5.82 Å². The van der Waals surface area contributed by atoms with Crippen LogP contribution < -0.4 is 10.1 Å². The summed E-state index contributed by atoms with van der Waals surface area (Å²) < 4.78 is 12.3. The molecule has 1 fully saturated rings. The van der Waals surface area contributed by atoms with Crippen LogP contribution in [-0.2, 0) is 11.3 Å². The molecule has 1 aliphatic rings. The van der Waals surface area contributed by atoms with Crippen LogP contribution in [0.3, 0.4) is 0 Å². The Morgan fingerprint density at radius 3 is 2.82 bits per heavy atom. The Labute approximate surface area is 160 Å². The number of ether oxygens (including phenoxy) is 2. The standard InChI is InChI=1S/C18H21N5O5/c1-27-11-4-2-3-10(5-11)6-19-16-13-17(21-8-20-16)23(9-22-13)18-15(26)14(25)12(7-24)28-18/h2-5,8-9,12,14-15,18,24-26H,6-7H2,1H3,(H,19,20,21)/t12-,14-,15+,18?/m1/s1. The predicted molar refractivity (Wildman–Crippen MR) is 98.7 cm³/mol. The second-order valence-corrected chi connectivity index (χ2v) is 6.48. The van der Waals surface area contributed by atoms with E-state index in [9.17, 15) is 15.3 Å². The number of aliphatic hydroxyl groups excluding tert-OH is 3. The van der Waals surface area contributed by atoms with Crippen molar-refractivity contribution in [3.8, 4) is 5.75 Å². The van der Waals surface area contributed by atoms with Gasteiger partial charge in [0.25, 0.3) is 0 Å². The van der Waals surface area contributed by atoms with Crippen molar-refractivity contribution in [3.05, 3.63) is 42.5 Å². The molecule has 0 radical (unpaired) electrons. The molecule has 148 valence electrons. The van der Waals surface area contributed by atoms with E-state index >= 15 is 0 Å². The summed E-state index contributed by atoms with van der Waals surface area (Å²) in [6.07, 6.45) is -1.33. The van der Waals surface area contributed by atoms with Crippen molar-refractivity contribution in [3.63, 3.8) is 0 Å². The second-order valence-electron chi connectivity index (χ2n) is 6.48. The molecule has 0 saturated carbocycles. The minimum atomic E-state index is -1.21. The highest BCUT2D eigenvalue weighted by Gasteiger charge is 2.44. The van der Waals surface area contributed by atoms with Crippen LogP contribution in [-0.4, -0.2) is 66.9 Å². The molecule has 3 aromatic rings. The third-order valence-corrected chi connectivity index (χ3v) is 4.74.